The highest BCUT2D eigenvalue weighted by atomic mass is 79.9. The van der Waals surface area contributed by atoms with Crippen LogP contribution in [0.2, 0.25) is 0 Å². The lowest BCUT2D eigenvalue weighted by atomic mass is 10.2. The highest BCUT2D eigenvalue weighted by Crippen LogP contribution is 2.29. The summed E-state index contributed by atoms with van der Waals surface area (Å²) in [7, 11) is 1.81. The Balaban J connectivity index is 1.60. The number of nitrogens with one attached hydrogen (secondary N) is 2. The van der Waals surface area contributed by atoms with Crippen molar-refractivity contribution in [2.75, 3.05) is 62.3 Å². The lowest BCUT2D eigenvalue weighted by molar-refractivity contribution is 0.101. The molecule has 0 unspecified atom stereocenters. The Kier molecular flexibility index (Phi) is 6.94. The first-order chi connectivity index (χ1) is 14.0. The quantitative estimate of drug-likeness (QED) is 0.549. The van der Waals surface area contributed by atoms with Gasteiger partial charge in [-0.2, -0.15) is 4.98 Å². The maximum atomic E-state index is 12.3. The van der Waals surface area contributed by atoms with Gasteiger partial charge in [0, 0.05) is 42.9 Å². The van der Waals surface area contributed by atoms with Gasteiger partial charge in [-0.1, -0.05) is 0 Å². The molecule has 2 heterocycles. The number of anilines is 3. The van der Waals surface area contributed by atoms with Gasteiger partial charge in [0.05, 0.1) is 5.69 Å². The van der Waals surface area contributed by atoms with Gasteiger partial charge in [-0.3, -0.25) is 4.79 Å². The van der Waals surface area contributed by atoms with Crippen molar-refractivity contribution in [1.29, 1.82) is 0 Å². The first-order valence-electron chi connectivity index (χ1n) is 9.11. The molecule has 11 heteroatoms. The van der Waals surface area contributed by atoms with E-state index in [0.717, 1.165) is 10.2 Å². The average molecular weight is 467 g/mol. The summed E-state index contributed by atoms with van der Waals surface area (Å²) in [6.07, 6.45) is 0.910. The molecule has 2 aromatic rings. The molecule has 4 N–H and O–H groups in total. The van der Waals surface area contributed by atoms with Crippen molar-refractivity contribution in [1.82, 2.24) is 15.2 Å². The molecule has 29 heavy (non-hydrogen) atoms. The third-order valence-electron chi connectivity index (χ3n) is 4.43. The number of likely N-dealkylation sites (N-methyl/N-ethyl adjacent to an activating group) is 1. The van der Waals surface area contributed by atoms with Gasteiger partial charge in [0.25, 0.3) is 11.9 Å². The van der Waals surface area contributed by atoms with Gasteiger partial charge >= 0.3 is 6.09 Å². The van der Waals surface area contributed by atoms with E-state index >= 15 is 0 Å². The molecule has 10 nitrogen and oxygen atoms in total. The van der Waals surface area contributed by atoms with Crippen LogP contribution in [0.3, 0.4) is 0 Å². The summed E-state index contributed by atoms with van der Waals surface area (Å²) < 4.78 is 10.8. The zero-order valence-corrected chi connectivity index (χ0v) is 17.6. The number of nitrogens with two attached hydrogens (primary N) is 1. The van der Waals surface area contributed by atoms with E-state index < -0.39 is 5.91 Å². The van der Waals surface area contributed by atoms with Crippen LogP contribution in [0, 0.1) is 0 Å². The molecule has 0 atom stereocenters. The van der Waals surface area contributed by atoms with E-state index in [4.69, 9.17) is 14.9 Å². The van der Waals surface area contributed by atoms with Crippen molar-refractivity contribution in [2.24, 2.45) is 0 Å². The third kappa shape index (κ3) is 5.39. The van der Waals surface area contributed by atoms with Gasteiger partial charge in [-0.25, -0.2) is 4.79 Å². The van der Waals surface area contributed by atoms with Crippen LogP contribution in [-0.2, 0) is 4.74 Å². The van der Waals surface area contributed by atoms with Crippen LogP contribution >= 0.6 is 15.9 Å². The predicted molar refractivity (Wildman–Crippen MR) is 112 cm³/mol. The molecule has 3 rings (SSSR count). The van der Waals surface area contributed by atoms with Gasteiger partial charge in [0.15, 0.2) is 5.69 Å². The van der Waals surface area contributed by atoms with E-state index in [0.29, 0.717) is 45.0 Å². The second-order valence-corrected chi connectivity index (χ2v) is 7.24. The molecule has 0 aliphatic carbocycles. The summed E-state index contributed by atoms with van der Waals surface area (Å²) in [4.78, 5) is 32.0. The zero-order chi connectivity index (χ0) is 20.8. The zero-order valence-electron chi connectivity index (χ0n) is 16.0. The lowest BCUT2D eigenvalue weighted by Crippen LogP contribution is -2.49. The summed E-state index contributed by atoms with van der Waals surface area (Å²) in [6.45, 7) is 3.43. The number of nitrogen functional groups attached to an aromatic ring is 1. The molecule has 1 aliphatic heterocycles. The number of benzene rings is 1. The molecule has 1 aromatic heterocycles. The van der Waals surface area contributed by atoms with Crippen LogP contribution in [0.4, 0.5) is 22.2 Å². The fourth-order valence-electron chi connectivity index (χ4n) is 2.86. The topological polar surface area (TPSA) is 126 Å². The minimum Gasteiger partial charge on any atom is -0.448 e. The minimum absolute atomic E-state index is 0.0645. The van der Waals surface area contributed by atoms with Gasteiger partial charge < -0.3 is 35.3 Å². The van der Waals surface area contributed by atoms with E-state index in [-0.39, 0.29) is 17.8 Å². The second-order valence-electron chi connectivity index (χ2n) is 6.38. The monoisotopic (exact) mass is 466 g/mol. The molecule has 2 amide bonds. The van der Waals surface area contributed by atoms with Crippen LogP contribution in [0.25, 0.3) is 0 Å². The Morgan fingerprint density at radius 1 is 1.31 bits per heavy atom. The first-order valence-corrected chi connectivity index (χ1v) is 9.90. The van der Waals surface area contributed by atoms with Crippen molar-refractivity contribution >= 4 is 45.3 Å². The number of hydrogen-bond acceptors (Lipinski definition) is 8. The van der Waals surface area contributed by atoms with E-state index in [1.54, 1.807) is 4.90 Å². The normalized spacial score (nSPS) is 14.0. The van der Waals surface area contributed by atoms with E-state index in [2.05, 4.69) is 36.4 Å². The smallest absolute Gasteiger partial charge is 0.409 e. The lowest BCUT2D eigenvalue weighted by Gasteiger charge is -2.35. The summed E-state index contributed by atoms with van der Waals surface area (Å²) in [6, 6.07) is 5.62. The van der Waals surface area contributed by atoms with Gasteiger partial charge in [0.1, 0.15) is 12.9 Å². The standard InChI is InChI=1S/C18H23BrN6O4/c1-21-4-9-28-18(27)25-7-5-24(6-8-25)12-2-3-13(19)14(10-12)22-16(26)15-11-29-17(20)23-15/h2-3,10-11,21H,4-9H2,1H3,(H2,20,23)(H,22,26). The number of aromatic nitrogens is 1. The van der Waals surface area contributed by atoms with Crippen molar-refractivity contribution in [3.05, 3.63) is 34.6 Å². The van der Waals surface area contributed by atoms with Crippen molar-refractivity contribution in [3.63, 3.8) is 0 Å². The Morgan fingerprint density at radius 2 is 2.07 bits per heavy atom. The van der Waals surface area contributed by atoms with Crippen LogP contribution in [0.1, 0.15) is 10.5 Å². The number of piperazine rings is 1. The Labute approximate surface area is 176 Å². The minimum atomic E-state index is -0.419. The number of hydrogen-bond donors (Lipinski definition) is 3. The van der Waals surface area contributed by atoms with Crippen molar-refractivity contribution < 1.29 is 18.7 Å². The molecule has 156 valence electrons. The van der Waals surface area contributed by atoms with Crippen LogP contribution in [0.5, 0.6) is 0 Å². The number of carbonyl (C=O) groups excluding carboxylic acids is 2. The Hall–Kier alpha value is -2.79. The fraction of sp³-hybridized carbons (Fsp3) is 0.389. The van der Waals surface area contributed by atoms with Crippen LogP contribution in [0.15, 0.2) is 33.4 Å². The third-order valence-corrected chi connectivity index (χ3v) is 5.12. The van der Waals surface area contributed by atoms with Crippen LogP contribution < -0.4 is 21.3 Å². The van der Waals surface area contributed by atoms with Gasteiger partial charge in [-0.15, -0.1) is 0 Å². The number of carbonyl (C=O) groups is 2. The molecule has 0 bridgehead atoms. The molecule has 1 saturated heterocycles. The van der Waals surface area contributed by atoms with Crippen molar-refractivity contribution in [2.45, 2.75) is 0 Å². The summed E-state index contributed by atoms with van der Waals surface area (Å²) in [5.41, 5.74) is 7.05. The number of rotatable bonds is 6. The summed E-state index contributed by atoms with van der Waals surface area (Å²) in [5, 5.41) is 5.73. The number of oxazole rings is 1. The Bertz CT molecular complexity index is 866. The molecular formula is C18H23BrN6O4. The second kappa shape index (κ2) is 9.61. The van der Waals surface area contributed by atoms with E-state index in [9.17, 15) is 9.59 Å². The fourth-order valence-corrected chi connectivity index (χ4v) is 3.21. The maximum Gasteiger partial charge on any atom is 0.409 e. The number of nitrogens with zero attached hydrogens (tertiary/aromatic N) is 3. The van der Waals surface area contributed by atoms with Gasteiger partial charge in [0.2, 0.25) is 0 Å². The molecule has 1 aliphatic rings. The Morgan fingerprint density at radius 3 is 2.72 bits per heavy atom. The number of ether oxygens (including phenoxy) is 1. The molecule has 0 saturated carbocycles. The van der Waals surface area contributed by atoms with E-state index in [1.165, 1.54) is 6.26 Å². The average Bonchev–Trinajstić information content (AvgIpc) is 3.16. The SMILES string of the molecule is CNCCOC(=O)N1CCN(c2ccc(Br)c(NC(=O)c3coc(N)n3)c2)CC1. The van der Waals surface area contributed by atoms with Crippen LogP contribution in [-0.4, -0.2) is 68.3 Å². The summed E-state index contributed by atoms with van der Waals surface area (Å²) >= 11 is 3.44. The van der Waals surface area contributed by atoms with Gasteiger partial charge in [-0.05, 0) is 41.2 Å². The molecule has 1 aromatic carbocycles. The molecule has 0 radical (unpaired) electrons. The summed E-state index contributed by atoms with van der Waals surface area (Å²) in [5.74, 6) is -0.419. The predicted octanol–water partition coefficient (Wildman–Crippen LogP) is 1.75. The highest BCUT2D eigenvalue weighted by molar-refractivity contribution is 9.10. The van der Waals surface area contributed by atoms with Crippen molar-refractivity contribution in [3.8, 4) is 0 Å². The first kappa shape index (κ1) is 20.9. The number of amides is 2. The largest absolute Gasteiger partial charge is 0.448 e. The van der Waals surface area contributed by atoms with E-state index in [1.807, 2.05) is 25.2 Å². The maximum absolute atomic E-state index is 12.3. The molecule has 0 spiro atoms. The highest BCUT2D eigenvalue weighted by Gasteiger charge is 2.23. The molecular weight excluding hydrogens is 444 g/mol. The number of halogens is 1. The molecule has 1 fully saturated rings.